The normalized spacial score (nSPS) is 19.7. The molecule has 0 bridgehead atoms. The molecule has 2 N–H and O–H groups in total. The smallest absolute Gasteiger partial charge is 0.150 e. The Labute approximate surface area is 109 Å². The van der Waals surface area contributed by atoms with E-state index in [4.69, 9.17) is 10.5 Å². The zero-order chi connectivity index (χ0) is 13.3. The van der Waals surface area contributed by atoms with Crippen molar-refractivity contribution in [3.63, 3.8) is 0 Å². The molecule has 1 aliphatic heterocycles. The van der Waals surface area contributed by atoms with Gasteiger partial charge in [0.25, 0.3) is 0 Å². The summed E-state index contributed by atoms with van der Waals surface area (Å²) < 4.78 is 7.68. The first-order chi connectivity index (χ1) is 8.50. The topological polar surface area (TPSA) is 56.3 Å². The molecule has 2 heterocycles. The first-order valence-electron chi connectivity index (χ1n) is 6.68. The minimum atomic E-state index is 0.308. The highest BCUT2D eigenvalue weighted by molar-refractivity contribution is 5.66. The van der Waals surface area contributed by atoms with Gasteiger partial charge in [-0.1, -0.05) is 0 Å². The fourth-order valence-corrected chi connectivity index (χ4v) is 2.47. The maximum Gasteiger partial charge on any atom is 0.150 e. The van der Waals surface area contributed by atoms with E-state index in [0.29, 0.717) is 12.1 Å². The van der Waals surface area contributed by atoms with Gasteiger partial charge in [0.1, 0.15) is 0 Å². The van der Waals surface area contributed by atoms with Gasteiger partial charge in [0.05, 0.1) is 17.5 Å². The summed E-state index contributed by atoms with van der Waals surface area (Å²) in [6.07, 6.45) is 2.63. The number of hydrogen-bond donors (Lipinski definition) is 1. The van der Waals surface area contributed by atoms with Gasteiger partial charge in [-0.25, -0.2) is 4.68 Å². The highest BCUT2D eigenvalue weighted by atomic mass is 16.5. The van der Waals surface area contributed by atoms with E-state index in [-0.39, 0.29) is 0 Å². The van der Waals surface area contributed by atoms with E-state index in [1.807, 2.05) is 11.6 Å². The fourth-order valence-electron chi connectivity index (χ4n) is 2.47. The van der Waals surface area contributed by atoms with Crippen LogP contribution in [0.1, 0.15) is 38.4 Å². The second-order valence-corrected chi connectivity index (χ2v) is 5.38. The van der Waals surface area contributed by atoms with Crippen LogP contribution in [0.25, 0.3) is 0 Å². The van der Waals surface area contributed by atoms with Crippen LogP contribution in [0.2, 0.25) is 0 Å². The third-order valence-corrected chi connectivity index (χ3v) is 3.46. The van der Waals surface area contributed by atoms with Crippen molar-refractivity contribution in [1.29, 1.82) is 0 Å². The number of nitrogens with zero attached hydrogens (tertiary/aromatic N) is 3. The Kier molecular flexibility index (Phi) is 3.80. The number of nitrogens with two attached hydrogens (primary N) is 1. The lowest BCUT2D eigenvalue weighted by Crippen LogP contribution is -2.31. The summed E-state index contributed by atoms with van der Waals surface area (Å²) in [4.78, 5) is 2.17. The molecule has 5 heteroatoms. The van der Waals surface area contributed by atoms with Gasteiger partial charge in [-0.2, -0.15) is 5.10 Å². The monoisotopic (exact) mass is 252 g/mol. The van der Waals surface area contributed by atoms with Crippen LogP contribution in [0.3, 0.4) is 0 Å². The maximum atomic E-state index is 6.15. The van der Waals surface area contributed by atoms with Crippen molar-refractivity contribution >= 4 is 11.5 Å². The van der Waals surface area contributed by atoms with Crippen LogP contribution in [0.5, 0.6) is 0 Å². The highest BCUT2D eigenvalue weighted by Crippen LogP contribution is 2.29. The molecule has 1 saturated heterocycles. The molecule has 0 aliphatic carbocycles. The van der Waals surface area contributed by atoms with Crippen molar-refractivity contribution in [3.05, 3.63) is 5.69 Å². The molecule has 2 rings (SSSR count). The van der Waals surface area contributed by atoms with Gasteiger partial charge < -0.3 is 15.4 Å². The van der Waals surface area contributed by atoms with Crippen LogP contribution in [0.4, 0.5) is 11.5 Å². The third-order valence-electron chi connectivity index (χ3n) is 3.46. The maximum absolute atomic E-state index is 6.15. The fraction of sp³-hybridized carbons (Fsp3) is 0.769. The lowest BCUT2D eigenvalue weighted by Gasteiger charge is -2.25. The van der Waals surface area contributed by atoms with Crippen molar-refractivity contribution in [3.8, 4) is 0 Å². The number of anilines is 2. The van der Waals surface area contributed by atoms with E-state index in [9.17, 15) is 0 Å². The summed E-state index contributed by atoms with van der Waals surface area (Å²) in [5.74, 6) is 1.01. The van der Waals surface area contributed by atoms with Crippen LogP contribution >= 0.6 is 0 Å². The summed E-state index contributed by atoms with van der Waals surface area (Å²) >= 11 is 0. The molecule has 0 radical (unpaired) electrons. The molecule has 0 spiro atoms. The first kappa shape index (κ1) is 13.2. The molecule has 1 aromatic heterocycles. The predicted molar refractivity (Wildman–Crippen MR) is 74.0 cm³/mol. The minimum absolute atomic E-state index is 0.308. The van der Waals surface area contributed by atoms with E-state index in [0.717, 1.165) is 43.2 Å². The summed E-state index contributed by atoms with van der Waals surface area (Å²) in [5.41, 5.74) is 7.83. The van der Waals surface area contributed by atoms with Gasteiger partial charge in [0, 0.05) is 26.2 Å². The molecular formula is C13H24N4O. The van der Waals surface area contributed by atoms with Crippen LogP contribution in [0, 0.1) is 6.92 Å². The summed E-state index contributed by atoms with van der Waals surface area (Å²) in [7, 11) is 2.06. The number of rotatable bonds is 4. The molecule has 102 valence electrons. The number of ether oxygens (including phenoxy) is 1. The number of nitrogen functional groups attached to an aromatic ring is 1. The zero-order valence-corrected chi connectivity index (χ0v) is 11.8. The van der Waals surface area contributed by atoms with Crippen molar-refractivity contribution in [2.75, 3.05) is 30.8 Å². The van der Waals surface area contributed by atoms with E-state index in [1.54, 1.807) is 0 Å². The van der Waals surface area contributed by atoms with Gasteiger partial charge in [-0.15, -0.1) is 0 Å². The van der Waals surface area contributed by atoms with Crippen molar-refractivity contribution in [2.45, 2.75) is 45.8 Å². The molecule has 18 heavy (non-hydrogen) atoms. The average molecular weight is 252 g/mol. The summed E-state index contributed by atoms with van der Waals surface area (Å²) in [5, 5.41) is 4.51. The minimum Gasteiger partial charge on any atom is -0.394 e. The van der Waals surface area contributed by atoms with Gasteiger partial charge in [-0.05, 0) is 33.6 Å². The van der Waals surface area contributed by atoms with Crippen LogP contribution in [0.15, 0.2) is 0 Å². The molecule has 1 unspecified atom stereocenters. The number of aryl methyl sites for hydroxylation is 1. The molecule has 0 saturated carbocycles. The van der Waals surface area contributed by atoms with Crippen LogP contribution in [-0.2, 0) is 4.74 Å². The van der Waals surface area contributed by atoms with Gasteiger partial charge in [0.15, 0.2) is 5.82 Å². The van der Waals surface area contributed by atoms with E-state index in [2.05, 4.69) is 30.9 Å². The molecule has 1 aromatic rings. The Balaban J connectivity index is 2.19. The molecule has 1 atom stereocenters. The van der Waals surface area contributed by atoms with E-state index in [1.165, 1.54) is 0 Å². The number of aromatic nitrogens is 2. The Morgan fingerprint density at radius 2 is 2.28 bits per heavy atom. The second kappa shape index (κ2) is 5.18. The van der Waals surface area contributed by atoms with Crippen molar-refractivity contribution in [1.82, 2.24) is 9.78 Å². The number of likely N-dealkylation sites (N-methyl/N-ethyl adjacent to an activating group) is 1. The average Bonchev–Trinajstić information content (AvgIpc) is 2.88. The summed E-state index contributed by atoms with van der Waals surface area (Å²) in [6.45, 7) is 7.96. The molecular weight excluding hydrogens is 228 g/mol. The highest BCUT2D eigenvalue weighted by Gasteiger charge is 2.23. The lowest BCUT2D eigenvalue weighted by molar-refractivity contribution is 0.116. The lowest BCUT2D eigenvalue weighted by atomic mass is 10.2. The molecule has 1 aliphatic rings. The van der Waals surface area contributed by atoms with Gasteiger partial charge in [-0.3, -0.25) is 0 Å². The van der Waals surface area contributed by atoms with Crippen LogP contribution in [-0.4, -0.2) is 36.1 Å². The third kappa shape index (κ3) is 2.46. The second-order valence-electron chi connectivity index (χ2n) is 5.38. The molecule has 1 fully saturated rings. The Morgan fingerprint density at radius 1 is 1.56 bits per heavy atom. The number of hydrogen-bond acceptors (Lipinski definition) is 4. The first-order valence-corrected chi connectivity index (χ1v) is 6.68. The Bertz CT molecular complexity index is 407. The molecule has 0 aromatic carbocycles. The quantitative estimate of drug-likeness (QED) is 0.890. The SMILES string of the molecule is Cc1nn(C(C)C)c(N(C)CC2CCCO2)c1N. The van der Waals surface area contributed by atoms with Gasteiger partial charge >= 0.3 is 0 Å². The van der Waals surface area contributed by atoms with Crippen LogP contribution < -0.4 is 10.6 Å². The van der Waals surface area contributed by atoms with E-state index < -0.39 is 0 Å². The zero-order valence-electron chi connectivity index (χ0n) is 11.8. The van der Waals surface area contributed by atoms with Crippen molar-refractivity contribution < 1.29 is 4.74 Å². The van der Waals surface area contributed by atoms with Gasteiger partial charge in [0.2, 0.25) is 0 Å². The molecule has 5 nitrogen and oxygen atoms in total. The predicted octanol–water partition coefficient (Wildman–Crippen LogP) is 1.97. The van der Waals surface area contributed by atoms with Crippen molar-refractivity contribution in [2.24, 2.45) is 0 Å². The molecule has 0 amide bonds. The standard InChI is InChI=1S/C13H24N4O/c1-9(2)17-13(12(14)10(3)15-17)16(4)8-11-6-5-7-18-11/h9,11H,5-8,14H2,1-4H3. The Morgan fingerprint density at radius 3 is 2.83 bits per heavy atom. The van der Waals surface area contributed by atoms with E-state index >= 15 is 0 Å². The Hall–Kier alpha value is -1.23. The largest absolute Gasteiger partial charge is 0.394 e. The summed E-state index contributed by atoms with van der Waals surface area (Å²) in [6, 6.07) is 0.308.